The van der Waals surface area contributed by atoms with Crippen LogP contribution in [-0.2, 0) is 15.6 Å². The molecule has 0 spiro atoms. The largest absolute Gasteiger partial charge is 0.339 e. The van der Waals surface area contributed by atoms with Gasteiger partial charge in [-0.3, -0.25) is 9.78 Å². The molecule has 0 radical (unpaired) electrons. The summed E-state index contributed by atoms with van der Waals surface area (Å²) in [4.78, 5) is 18.7. The lowest BCUT2D eigenvalue weighted by Gasteiger charge is -2.32. The summed E-state index contributed by atoms with van der Waals surface area (Å²) in [6, 6.07) is 6.16. The Morgan fingerprint density at radius 3 is 2.45 bits per heavy atom. The molecule has 1 saturated heterocycles. The van der Waals surface area contributed by atoms with Crippen molar-refractivity contribution in [3.63, 3.8) is 0 Å². The molecular formula is C21H24Cl2N2O3S. The van der Waals surface area contributed by atoms with Crippen molar-refractivity contribution in [2.75, 3.05) is 13.1 Å². The van der Waals surface area contributed by atoms with Crippen molar-refractivity contribution in [3.8, 4) is 0 Å². The second-order valence-corrected chi connectivity index (χ2v) is 10.2. The number of carbonyl (C=O) groups is 1. The first-order valence-electron chi connectivity index (χ1n) is 9.71. The normalized spacial score (nSPS) is 15.5. The maximum atomic E-state index is 12.9. The molecule has 156 valence electrons. The van der Waals surface area contributed by atoms with Crippen LogP contribution in [0.15, 0.2) is 41.6 Å². The van der Waals surface area contributed by atoms with Gasteiger partial charge in [-0.05, 0) is 42.5 Å². The zero-order valence-corrected chi connectivity index (χ0v) is 18.6. The van der Waals surface area contributed by atoms with Gasteiger partial charge in [-0.2, -0.15) is 0 Å². The third kappa shape index (κ3) is 5.30. The number of pyridine rings is 1. The molecule has 1 aliphatic rings. The van der Waals surface area contributed by atoms with Gasteiger partial charge in [0.1, 0.15) is 4.90 Å². The van der Waals surface area contributed by atoms with E-state index in [0.29, 0.717) is 17.0 Å². The van der Waals surface area contributed by atoms with E-state index in [1.165, 1.54) is 30.9 Å². The van der Waals surface area contributed by atoms with Crippen LogP contribution in [0.25, 0.3) is 0 Å². The van der Waals surface area contributed by atoms with Crippen LogP contribution >= 0.6 is 23.2 Å². The van der Waals surface area contributed by atoms with Gasteiger partial charge in [0.25, 0.3) is 5.91 Å². The fraction of sp³-hybridized carbons (Fsp3) is 0.429. The van der Waals surface area contributed by atoms with Crippen molar-refractivity contribution in [3.05, 3.63) is 57.8 Å². The molecule has 29 heavy (non-hydrogen) atoms. The van der Waals surface area contributed by atoms with Crippen molar-refractivity contribution in [1.29, 1.82) is 0 Å². The molecule has 5 nitrogen and oxygen atoms in total. The van der Waals surface area contributed by atoms with Gasteiger partial charge in [-0.15, -0.1) is 0 Å². The summed E-state index contributed by atoms with van der Waals surface area (Å²) in [5.74, 6) is 0.241. The molecule has 0 saturated carbocycles. The first-order chi connectivity index (χ1) is 13.8. The molecule has 0 aliphatic carbocycles. The zero-order valence-electron chi connectivity index (χ0n) is 16.3. The van der Waals surface area contributed by atoms with Crippen molar-refractivity contribution in [1.82, 2.24) is 9.88 Å². The van der Waals surface area contributed by atoms with Gasteiger partial charge < -0.3 is 4.90 Å². The summed E-state index contributed by atoms with van der Waals surface area (Å²) in [7, 11) is -3.78. The summed E-state index contributed by atoms with van der Waals surface area (Å²) in [6.45, 7) is 3.63. The number of hydrogen-bond acceptors (Lipinski definition) is 4. The SMILES string of the molecule is CCCC1CCN(C(=O)c2cncc(CS(=O)(=O)c3c(Cl)cccc3Cl)c2)CC1. The van der Waals surface area contributed by atoms with Crippen LogP contribution in [0, 0.1) is 5.92 Å². The molecule has 1 aromatic carbocycles. The van der Waals surface area contributed by atoms with Gasteiger partial charge >= 0.3 is 0 Å². The molecule has 1 fully saturated rings. The molecule has 3 rings (SSSR count). The number of likely N-dealkylation sites (tertiary alicyclic amines) is 1. The van der Waals surface area contributed by atoms with Crippen LogP contribution < -0.4 is 0 Å². The Balaban J connectivity index is 1.75. The molecule has 1 amide bonds. The third-order valence-corrected chi connectivity index (χ3v) is 7.86. The molecule has 1 aromatic heterocycles. The van der Waals surface area contributed by atoms with Gasteiger partial charge in [0.2, 0.25) is 0 Å². The molecule has 0 unspecified atom stereocenters. The summed E-state index contributed by atoms with van der Waals surface area (Å²) in [5.41, 5.74) is 0.824. The Morgan fingerprint density at radius 2 is 1.83 bits per heavy atom. The number of halogens is 2. The van der Waals surface area contributed by atoms with Crippen LogP contribution in [0.5, 0.6) is 0 Å². The van der Waals surface area contributed by atoms with E-state index in [1.54, 1.807) is 12.1 Å². The maximum absolute atomic E-state index is 12.9. The number of sulfone groups is 1. The highest BCUT2D eigenvalue weighted by molar-refractivity contribution is 7.90. The summed E-state index contributed by atoms with van der Waals surface area (Å²) >= 11 is 12.1. The van der Waals surface area contributed by atoms with Crippen molar-refractivity contribution >= 4 is 38.9 Å². The Kier molecular flexibility index (Phi) is 7.19. The fourth-order valence-corrected chi connectivity index (χ4v) is 6.34. The highest BCUT2D eigenvalue weighted by Crippen LogP contribution is 2.31. The minimum atomic E-state index is -3.78. The number of aromatic nitrogens is 1. The van der Waals surface area contributed by atoms with Gasteiger partial charge in [-0.1, -0.05) is 49.0 Å². The Bertz CT molecular complexity index is 967. The maximum Gasteiger partial charge on any atom is 0.255 e. The second-order valence-electron chi connectivity index (χ2n) is 7.42. The zero-order chi connectivity index (χ0) is 21.0. The van der Waals surface area contributed by atoms with E-state index in [0.717, 1.165) is 32.4 Å². The lowest BCUT2D eigenvalue weighted by molar-refractivity contribution is 0.0686. The second kappa shape index (κ2) is 9.45. The summed E-state index contributed by atoms with van der Waals surface area (Å²) in [6.07, 6.45) is 7.31. The van der Waals surface area contributed by atoms with Gasteiger partial charge in [0.05, 0.1) is 21.4 Å². The van der Waals surface area contributed by atoms with Crippen molar-refractivity contribution in [2.24, 2.45) is 5.92 Å². The van der Waals surface area contributed by atoms with Gasteiger partial charge in [0, 0.05) is 25.5 Å². The minimum absolute atomic E-state index is 0.0765. The van der Waals surface area contributed by atoms with Crippen LogP contribution in [0.1, 0.15) is 48.5 Å². The van der Waals surface area contributed by atoms with E-state index in [-0.39, 0.29) is 26.6 Å². The molecule has 0 bridgehead atoms. The monoisotopic (exact) mass is 454 g/mol. The van der Waals surface area contributed by atoms with Gasteiger partial charge in [-0.25, -0.2) is 8.42 Å². The van der Waals surface area contributed by atoms with Crippen LogP contribution in [0.3, 0.4) is 0 Å². The molecule has 1 aliphatic heterocycles. The first kappa shape index (κ1) is 22.1. The number of amides is 1. The average molecular weight is 455 g/mol. The first-order valence-corrected chi connectivity index (χ1v) is 12.1. The van der Waals surface area contributed by atoms with Crippen LogP contribution in [0.2, 0.25) is 10.0 Å². The fourth-order valence-electron chi connectivity index (χ4n) is 3.77. The van der Waals surface area contributed by atoms with Crippen molar-refractivity contribution < 1.29 is 13.2 Å². The van der Waals surface area contributed by atoms with E-state index in [2.05, 4.69) is 11.9 Å². The Labute approximate surface area is 182 Å². The summed E-state index contributed by atoms with van der Waals surface area (Å²) in [5, 5.41) is 0.153. The predicted molar refractivity (Wildman–Crippen MR) is 115 cm³/mol. The van der Waals surface area contributed by atoms with E-state index >= 15 is 0 Å². The number of hydrogen-bond donors (Lipinski definition) is 0. The van der Waals surface area contributed by atoms with E-state index in [1.807, 2.05) is 4.90 Å². The topological polar surface area (TPSA) is 67.3 Å². The van der Waals surface area contributed by atoms with Crippen molar-refractivity contribution in [2.45, 2.75) is 43.3 Å². The predicted octanol–water partition coefficient (Wildman–Crippen LogP) is 5.01. The smallest absolute Gasteiger partial charge is 0.255 e. The molecular weight excluding hydrogens is 431 g/mol. The third-order valence-electron chi connectivity index (χ3n) is 5.23. The van der Waals surface area contributed by atoms with E-state index in [4.69, 9.17) is 23.2 Å². The number of piperidine rings is 1. The summed E-state index contributed by atoms with van der Waals surface area (Å²) < 4.78 is 25.7. The number of rotatable bonds is 6. The molecule has 0 atom stereocenters. The number of carbonyl (C=O) groups excluding carboxylic acids is 1. The highest BCUT2D eigenvalue weighted by Gasteiger charge is 2.25. The van der Waals surface area contributed by atoms with Gasteiger partial charge in [0.15, 0.2) is 9.84 Å². The highest BCUT2D eigenvalue weighted by atomic mass is 35.5. The molecule has 8 heteroatoms. The minimum Gasteiger partial charge on any atom is -0.339 e. The van der Waals surface area contributed by atoms with Crippen LogP contribution in [-0.4, -0.2) is 37.3 Å². The standard InChI is InChI=1S/C21H24Cl2N2O3S/c1-2-4-15-7-9-25(10-8-15)21(26)17-11-16(12-24-13-17)14-29(27,28)20-18(22)5-3-6-19(20)23/h3,5-6,11-13,15H,2,4,7-10,14H2,1H3. The molecule has 2 aromatic rings. The van der Waals surface area contributed by atoms with Crippen LogP contribution in [0.4, 0.5) is 0 Å². The number of benzene rings is 1. The van der Waals surface area contributed by atoms with E-state index < -0.39 is 9.84 Å². The molecule has 2 heterocycles. The lowest BCUT2D eigenvalue weighted by atomic mass is 9.92. The lowest BCUT2D eigenvalue weighted by Crippen LogP contribution is -2.38. The molecule has 0 N–H and O–H groups in total. The quantitative estimate of drug-likeness (QED) is 0.614. The Hall–Kier alpha value is -1.63. The van der Waals surface area contributed by atoms with E-state index in [9.17, 15) is 13.2 Å². The number of nitrogens with zero attached hydrogens (tertiary/aromatic N) is 2. The average Bonchev–Trinajstić information content (AvgIpc) is 2.68. The Morgan fingerprint density at radius 1 is 1.17 bits per heavy atom.